The number of amides is 1. The lowest BCUT2D eigenvalue weighted by Gasteiger charge is -2.16. The molecule has 2 rings (SSSR count). The van der Waals surface area contributed by atoms with Gasteiger partial charge in [0.25, 0.3) is 5.91 Å². The fraction of sp³-hybridized carbons (Fsp3) is 0.364. The monoisotopic (exact) mass is 205 g/mol. The molecular weight excluding hydrogens is 190 g/mol. The van der Waals surface area contributed by atoms with E-state index in [1.807, 2.05) is 5.01 Å². The molecule has 1 aromatic rings. The molecule has 1 aliphatic heterocycles. The molecule has 0 spiro atoms. The maximum Gasteiger partial charge on any atom is 0.265 e. The van der Waals surface area contributed by atoms with Gasteiger partial charge in [-0.3, -0.25) is 10.2 Å². The fourth-order valence-corrected chi connectivity index (χ4v) is 1.67. The van der Waals surface area contributed by atoms with Crippen LogP contribution in [0.4, 0.5) is 5.69 Å². The summed E-state index contributed by atoms with van der Waals surface area (Å²) in [5.74, 6) is -0.0584. The predicted octanol–water partition coefficient (Wildman–Crippen LogP) is 1.01. The van der Waals surface area contributed by atoms with Crippen LogP contribution in [0.2, 0.25) is 0 Å². The second-order valence-electron chi connectivity index (χ2n) is 3.76. The third-order valence-corrected chi connectivity index (χ3v) is 2.54. The molecule has 0 saturated carbocycles. The molecule has 0 atom stereocenters. The molecule has 1 heterocycles. The Kier molecular flexibility index (Phi) is 2.87. The van der Waals surface area contributed by atoms with Gasteiger partial charge in [-0.2, -0.15) is 0 Å². The Balaban J connectivity index is 1.98. The quantitative estimate of drug-likeness (QED) is 0.708. The number of hydrogen-bond acceptors (Lipinski definition) is 3. The molecule has 4 nitrogen and oxygen atoms in total. The Hall–Kier alpha value is -1.55. The first kappa shape index (κ1) is 9.98. The molecule has 1 aromatic carbocycles. The summed E-state index contributed by atoms with van der Waals surface area (Å²) in [7, 11) is 0. The Bertz CT molecular complexity index is 341. The Morgan fingerprint density at radius 3 is 2.40 bits per heavy atom. The van der Waals surface area contributed by atoms with E-state index in [2.05, 4.69) is 5.43 Å². The van der Waals surface area contributed by atoms with E-state index in [0.29, 0.717) is 11.3 Å². The van der Waals surface area contributed by atoms with Crippen LogP contribution in [-0.4, -0.2) is 24.0 Å². The smallest absolute Gasteiger partial charge is 0.265 e. The van der Waals surface area contributed by atoms with Gasteiger partial charge in [0.05, 0.1) is 0 Å². The fourth-order valence-electron chi connectivity index (χ4n) is 1.67. The van der Waals surface area contributed by atoms with Crippen LogP contribution in [0.1, 0.15) is 23.2 Å². The molecule has 1 saturated heterocycles. The molecule has 15 heavy (non-hydrogen) atoms. The van der Waals surface area contributed by atoms with Crippen molar-refractivity contribution in [1.29, 1.82) is 0 Å². The lowest BCUT2D eigenvalue weighted by molar-refractivity contribution is 0.0826. The van der Waals surface area contributed by atoms with Crippen molar-refractivity contribution < 1.29 is 4.79 Å². The first-order valence-corrected chi connectivity index (χ1v) is 5.17. The average molecular weight is 205 g/mol. The number of nitrogens with zero attached hydrogens (tertiary/aromatic N) is 1. The number of benzene rings is 1. The summed E-state index contributed by atoms with van der Waals surface area (Å²) < 4.78 is 0. The van der Waals surface area contributed by atoms with Crippen molar-refractivity contribution in [3.8, 4) is 0 Å². The molecule has 0 aliphatic carbocycles. The number of anilines is 1. The predicted molar refractivity (Wildman–Crippen MR) is 59.1 cm³/mol. The summed E-state index contributed by atoms with van der Waals surface area (Å²) in [5, 5.41) is 1.96. The van der Waals surface area contributed by atoms with E-state index in [9.17, 15) is 4.79 Å². The molecule has 1 fully saturated rings. The first-order chi connectivity index (χ1) is 7.25. The van der Waals surface area contributed by atoms with Crippen molar-refractivity contribution in [1.82, 2.24) is 10.4 Å². The zero-order valence-corrected chi connectivity index (χ0v) is 8.57. The molecule has 80 valence electrons. The number of carbonyl (C=O) groups excluding carboxylic acids is 1. The second kappa shape index (κ2) is 4.31. The number of nitrogens with one attached hydrogen (secondary N) is 1. The Morgan fingerprint density at radius 1 is 1.20 bits per heavy atom. The van der Waals surface area contributed by atoms with Gasteiger partial charge in [-0.15, -0.1) is 0 Å². The van der Waals surface area contributed by atoms with Gasteiger partial charge in [0.1, 0.15) is 0 Å². The van der Waals surface area contributed by atoms with E-state index in [4.69, 9.17) is 5.73 Å². The van der Waals surface area contributed by atoms with Crippen LogP contribution in [0.25, 0.3) is 0 Å². The van der Waals surface area contributed by atoms with Crippen LogP contribution >= 0.6 is 0 Å². The highest BCUT2D eigenvalue weighted by Gasteiger charge is 2.14. The summed E-state index contributed by atoms with van der Waals surface area (Å²) in [6.45, 7) is 1.89. The summed E-state index contributed by atoms with van der Waals surface area (Å²) in [6, 6.07) is 6.94. The SMILES string of the molecule is Nc1ccc(C(=O)NN2CCCC2)cc1. The number of carbonyl (C=O) groups is 1. The number of rotatable bonds is 2. The Morgan fingerprint density at radius 2 is 1.80 bits per heavy atom. The third kappa shape index (κ3) is 2.47. The van der Waals surface area contributed by atoms with Crippen LogP contribution in [0.15, 0.2) is 24.3 Å². The summed E-state index contributed by atoms with van der Waals surface area (Å²) in [4.78, 5) is 11.7. The van der Waals surface area contributed by atoms with E-state index in [1.165, 1.54) is 0 Å². The van der Waals surface area contributed by atoms with E-state index in [-0.39, 0.29) is 5.91 Å². The highest BCUT2D eigenvalue weighted by molar-refractivity contribution is 5.94. The van der Waals surface area contributed by atoms with Crippen molar-refractivity contribution >= 4 is 11.6 Å². The molecule has 3 N–H and O–H groups in total. The first-order valence-electron chi connectivity index (χ1n) is 5.17. The second-order valence-corrected chi connectivity index (χ2v) is 3.76. The van der Waals surface area contributed by atoms with E-state index >= 15 is 0 Å². The largest absolute Gasteiger partial charge is 0.399 e. The number of hydrogen-bond donors (Lipinski definition) is 2. The number of nitrogens with two attached hydrogens (primary N) is 1. The van der Waals surface area contributed by atoms with Gasteiger partial charge < -0.3 is 5.73 Å². The lowest BCUT2D eigenvalue weighted by Crippen LogP contribution is -2.39. The maximum atomic E-state index is 11.7. The van der Waals surface area contributed by atoms with Crippen molar-refractivity contribution in [3.63, 3.8) is 0 Å². The summed E-state index contributed by atoms with van der Waals surface area (Å²) in [5.41, 5.74) is 9.74. The minimum Gasteiger partial charge on any atom is -0.399 e. The highest BCUT2D eigenvalue weighted by Crippen LogP contribution is 2.07. The van der Waals surface area contributed by atoms with Gasteiger partial charge in [-0.25, -0.2) is 5.01 Å². The number of hydrazine groups is 1. The summed E-state index contributed by atoms with van der Waals surface area (Å²) >= 11 is 0. The van der Waals surface area contributed by atoms with Crippen LogP contribution in [0, 0.1) is 0 Å². The van der Waals surface area contributed by atoms with E-state index in [1.54, 1.807) is 24.3 Å². The molecule has 0 bridgehead atoms. The molecule has 1 aliphatic rings. The maximum absolute atomic E-state index is 11.7. The van der Waals surface area contributed by atoms with E-state index < -0.39 is 0 Å². The normalized spacial score (nSPS) is 16.5. The van der Waals surface area contributed by atoms with Gasteiger partial charge in [-0.1, -0.05) is 0 Å². The van der Waals surface area contributed by atoms with Crippen LogP contribution in [0.5, 0.6) is 0 Å². The zero-order chi connectivity index (χ0) is 10.7. The molecule has 4 heteroatoms. The zero-order valence-electron chi connectivity index (χ0n) is 8.57. The van der Waals surface area contributed by atoms with Crippen LogP contribution < -0.4 is 11.2 Å². The molecular formula is C11H15N3O. The Labute approximate surface area is 89.0 Å². The van der Waals surface area contributed by atoms with Crippen molar-refractivity contribution in [2.45, 2.75) is 12.8 Å². The van der Waals surface area contributed by atoms with Crippen LogP contribution in [0.3, 0.4) is 0 Å². The van der Waals surface area contributed by atoms with Gasteiger partial charge in [0.2, 0.25) is 0 Å². The van der Waals surface area contributed by atoms with Gasteiger partial charge in [0.15, 0.2) is 0 Å². The minimum absolute atomic E-state index is 0.0584. The average Bonchev–Trinajstić information content (AvgIpc) is 2.71. The number of nitrogen functional groups attached to an aromatic ring is 1. The van der Waals surface area contributed by atoms with Gasteiger partial charge in [-0.05, 0) is 37.1 Å². The highest BCUT2D eigenvalue weighted by atomic mass is 16.2. The van der Waals surface area contributed by atoms with E-state index in [0.717, 1.165) is 25.9 Å². The van der Waals surface area contributed by atoms with Gasteiger partial charge >= 0.3 is 0 Å². The lowest BCUT2D eigenvalue weighted by atomic mass is 10.2. The minimum atomic E-state index is -0.0584. The van der Waals surface area contributed by atoms with Crippen LogP contribution in [-0.2, 0) is 0 Å². The standard InChI is InChI=1S/C11H15N3O/c12-10-5-3-9(4-6-10)11(15)13-14-7-1-2-8-14/h3-6H,1-2,7-8,12H2,(H,13,15). The topological polar surface area (TPSA) is 58.4 Å². The summed E-state index contributed by atoms with van der Waals surface area (Å²) in [6.07, 6.45) is 2.31. The van der Waals surface area contributed by atoms with Crippen molar-refractivity contribution in [2.75, 3.05) is 18.8 Å². The molecule has 0 radical (unpaired) electrons. The molecule has 1 amide bonds. The molecule has 0 aromatic heterocycles. The molecule has 0 unspecified atom stereocenters. The third-order valence-electron chi connectivity index (χ3n) is 2.54. The van der Waals surface area contributed by atoms with Gasteiger partial charge in [0, 0.05) is 24.3 Å². The van der Waals surface area contributed by atoms with Crippen molar-refractivity contribution in [2.24, 2.45) is 0 Å². The van der Waals surface area contributed by atoms with Crippen molar-refractivity contribution in [3.05, 3.63) is 29.8 Å².